The van der Waals surface area contributed by atoms with Crippen molar-refractivity contribution < 1.29 is 5.11 Å². The van der Waals surface area contributed by atoms with Crippen molar-refractivity contribution in [3.05, 3.63) is 71.3 Å². The van der Waals surface area contributed by atoms with Gasteiger partial charge in [-0.25, -0.2) is 0 Å². The number of hydrogen-bond acceptors (Lipinski definition) is 1. The molecule has 0 amide bonds. The molecule has 1 nitrogen and oxygen atoms in total. The number of fused-ring (bicyclic) bond motifs is 1. The summed E-state index contributed by atoms with van der Waals surface area (Å²) in [6, 6.07) is 19.3. The Balaban J connectivity index is 2.09. The summed E-state index contributed by atoms with van der Waals surface area (Å²) >= 11 is 0. The zero-order chi connectivity index (χ0) is 17.0. The lowest BCUT2D eigenvalue weighted by Gasteiger charge is -2.40. The maximum atomic E-state index is 11.6. The van der Waals surface area contributed by atoms with Crippen LogP contribution in [0.5, 0.6) is 0 Å². The van der Waals surface area contributed by atoms with Crippen LogP contribution in [0.1, 0.15) is 68.6 Å². The average molecular weight is 322 g/mol. The summed E-state index contributed by atoms with van der Waals surface area (Å²) < 4.78 is 0. The maximum Gasteiger partial charge on any atom is 0.0705 e. The first kappa shape index (κ1) is 17.2. The zero-order valence-electron chi connectivity index (χ0n) is 15.0. The highest BCUT2D eigenvalue weighted by Crippen LogP contribution is 2.48. The SMILES string of the molecule is CCCCC1(CC)CCc2ccccc2C(c2ccccc2)C1O. The van der Waals surface area contributed by atoms with Gasteiger partial charge in [-0.1, -0.05) is 81.3 Å². The minimum Gasteiger partial charge on any atom is -0.392 e. The molecule has 3 atom stereocenters. The molecule has 3 unspecified atom stereocenters. The largest absolute Gasteiger partial charge is 0.392 e. The van der Waals surface area contributed by atoms with Crippen molar-refractivity contribution in [3.8, 4) is 0 Å². The molecule has 0 heterocycles. The van der Waals surface area contributed by atoms with Gasteiger partial charge in [0.2, 0.25) is 0 Å². The fourth-order valence-corrected chi connectivity index (χ4v) is 4.51. The number of hydrogen-bond donors (Lipinski definition) is 1. The van der Waals surface area contributed by atoms with E-state index in [-0.39, 0.29) is 17.4 Å². The predicted octanol–water partition coefficient (Wildman–Crippen LogP) is 5.71. The molecule has 3 rings (SSSR count). The molecule has 2 aromatic carbocycles. The van der Waals surface area contributed by atoms with E-state index in [2.05, 4.69) is 68.4 Å². The Kier molecular flexibility index (Phi) is 5.40. The molecule has 128 valence electrons. The highest BCUT2D eigenvalue weighted by atomic mass is 16.3. The van der Waals surface area contributed by atoms with Crippen LogP contribution in [0.25, 0.3) is 0 Å². The number of aliphatic hydroxyl groups excluding tert-OH is 1. The van der Waals surface area contributed by atoms with E-state index in [1.807, 2.05) is 0 Å². The smallest absolute Gasteiger partial charge is 0.0705 e. The van der Waals surface area contributed by atoms with Gasteiger partial charge in [0.25, 0.3) is 0 Å². The van der Waals surface area contributed by atoms with Crippen molar-refractivity contribution in [2.45, 2.75) is 64.4 Å². The molecule has 1 aliphatic rings. The van der Waals surface area contributed by atoms with Crippen molar-refractivity contribution >= 4 is 0 Å². The average Bonchev–Trinajstić information content (AvgIpc) is 2.76. The molecule has 0 fully saturated rings. The van der Waals surface area contributed by atoms with Crippen LogP contribution in [0, 0.1) is 5.41 Å². The lowest BCUT2D eigenvalue weighted by atomic mass is 9.67. The Bertz CT molecular complexity index is 648. The standard InChI is InChI=1S/C23H30O/c1-3-5-16-23(4-2)17-15-18-11-9-10-14-20(18)21(22(23)24)19-12-7-6-8-13-19/h6-14,21-22,24H,3-5,15-17H2,1-2H3. The van der Waals surface area contributed by atoms with Crippen molar-refractivity contribution in [1.82, 2.24) is 0 Å². The van der Waals surface area contributed by atoms with E-state index in [0.29, 0.717) is 0 Å². The second kappa shape index (κ2) is 7.53. The van der Waals surface area contributed by atoms with Crippen LogP contribution >= 0.6 is 0 Å². The van der Waals surface area contributed by atoms with Gasteiger partial charge in [0, 0.05) is 5.92 Å². The van der Waals surface area contributed by atoms with Gasteiger partial charge in [-0.05, 0) is 47.8 Å². The summed E-state index contributed by atoms with van der Waals surface area (Å²) in [5, 5.41) is 11.6. The highest BCUT2D eigenvalue weighted by Gasteiger charge is 2.43. The van der Waals surface area contributed by atoms with Crippen molar-refractivity contribution in [3.63, 3.8) is 0 Å². The Morgan fingerprint density at radius 2 is 1.71 bits per heavy atom. The maximum absolute atomic E-state index is 11.6. The van der Waals surface area contributed by atoms with Crippen molar-refractivity contribution in [1.29, 1.82) is 0 Å². The topological polar surface area (TPSA) is 20.2 Å². The molecule has 2 aromatic rings. The van der Waals surface area contributed by atoms with Gasteiger partial charge in [-0.3, -0.25) is 0 Å². The molecule has 0 spiro atoms. The van der Waals surface area contributed by atoms with Crippen LogP contribution in [0.15, 0.2) is 54.6 Å². The van der Waals surface area contributed by atoms with E-state index in [1.54, 1.807) is 0 Å². The summed E-state index contributed by atoms with van der Waals surface area (Å²) in [6.07, 6.45) is 6.41. The van der Waals surface area contributed by atoms with E-state index in [9.17, 15) is 5.11 Å². The molecular formula is C23H30O. The van der Waals surface area contributed by atoms with Crippen LogP contribution in [0.3, 0.4) is 0 Å². The van der Waals surface area contributed by atoms with E-state index in [1.165, 1.54) is 29.5 Å². The number of aliphatic hydroxyl groups is 1. The monoisotopic (exact) mass is 322 g/mol. The van der Waals surface area contributed by atoms with Gasteiger partial charge in [0.15, 0.2) is 0 Å². The normalized spacial score (nSPS) is 26.6. The molecule has 0 bridgehead atoms. The van der Waals surface area contributed by atoms with Crippen LogP contribution in [0.2, 0.25) is 0 Å². The van der Waals surface area contributed by atoms with Crippen molar-refractivity contribution in [2.75, 3.05) is 0 Å². The first-order chi connectivity index (χ1) is 11.7. The molecule has 0 radical (unpaired) electrons. The van der Waals surface area contributed by atoms with Crippen LogP contribution in [-0.4, -0.2) is 11.2 Å². The van der Waals surface area contributed by atoms with E-state index < -0.39 is 0 Å². The van der Waals surface area contributed by atoms with Gasteiger partial charge >= 0.3 is 0 Å². The summed E-state index contributed by atoms with van der Waals surface area (Å²) in [7, 11) is 0. The number of unbranched alkanes of at least 4 members (excludes halogenated alkanes) is 1. The van der Waals surface area contributed by atoms with Crippen LogP contribution in [0.4, 0.5) is 0 Å². The molecule has 1 heteroatoms. The molecule has 0 saturated carbocycles. The molecular weight excluding hydrogens is 292 g/mol. The minimum absolute atomic E-state index is 0.0234. The van der Waals surface area contributed by atoms with Crippen LogP contribution < -0.4 is 0 Å². The first-order valence-corrected chi connectivity index (χ1v) is 9.52. The molecule has 0 saturated heterocycles. The first-order valence-electron chi connectivity index (χ1n) is 9.52. The van der Waals surface area contributed by atoms with Crippen LogP contribution in [-0.2, 0) is 6.42 Å². The second-order valence-electron chi connectivity index (χ2n) is 7.35. The summed E-state index contributed by atoms with van der Waals surface area (Å²) in [4.78, 5) is 0. The third kappa shape index (κ3) is 3.15. The van der Waals surface area contributed by atoms with Gasteiger partial charge in [-0.2, -0.15) is 0 Å². The van der Waals surface area contributed by atoms with Gasteiger partial charge < -0.3 is 5.11 Å². The molecule has 1 N–H and O–H groups in total. The van der Waals surface area contributed by atoms with E-state index >= 15 is 0 Å². The zero-order valence-corrected chi connectivity index (χ0v) is 15.0. The highest BCUT2D eigenvalue weighted by molar-refractivity contribution is 5.41. The third-order valence-electron chi connectivity index (χ3n) is 6.12. The Morgan fingerprint density at radius 3 is 2.42 bits per heavy atom. The Labute approximate surface area is 146 Å². The van der Waals surface area contributed by atoms with Gasteiger partial charge in [0.05, 0.1) is 6.10 Å². The fourth-order valence-electron chi connectivity index (χ4n) is 4.51. The van der Waals surface area contributed by atoms with Gasteiger partial charge in [0.1, 0.15) is 0 Å². The lowest BCUT2D eigenvalue weighted by Crippen LogP contribution is -2.38. The summed E-state index contributed by atoms with van der Waals surface area (Å²) in [5.41, 5.74) is 4.00. The molecule has 1 aliphatic carbocycles. The minimum atomic E-state index is -0.319. The molecule has 0 aromatic heterocycles. The van der Waals surface area contributed by atoms with E-state index in [0.717, 1.165) is 25.7 Å². The number of aryl methyl sites for hydroxylation is 1. The molecule has 24 heavy (non-hydrogen) atoms. The third-order valence-corrected chi connectivity index (χ3v) is 6.12. The number of rotatable bonds is 5. The van der Waals surface area contributed by atoms with Crippen molar-refractivity contribution in [2.24, 2.45) is 5.41 Å². The summed E-state index contributed by atoms with van der Waals surface area (Å²) in [6.45, 7) is 4.51. The fraction of sp³-hybridized carbons (Fsp3) is 0.478. The summed E-state index contributed by atoms with van der Waals surface area (Å²) in [5.74, 6) is 0.0849. The predicted molar refractivity (Wildman–Crippen MR) is 101 cm³/mol. The van der Waals surface area contributed by atoms with E-state index in [4.69, 9.17) is 0 Å². The quantitative estimate of drug-likeness (QED) is 0.699. The number of benzene rings is 2. The lowest BCUT2D eigenvalue weighted by molar-refractivity contribution is -0.00155. The second-order valence-corrected chi connectivity index (χ2v) is 7.35. The van der Waals surface area contributed by atoms with Gasteiger partial charge in [-0.15, -0.1) is 0 Å². The Morgan fingerprint density at radius 1 is 1.00 bits per heavy atom. The Hall–Kier alpha value is -1.60. The molecule has 0 aliphatic heterocycles.